The lowest BCUT2D eigenvalue weighted by atomic mass is 10.0. The molecule has 0 bridgehead atoms. The highest BCUT2D eigenvalue weighted by atomic mass is 16.4. The molecule has 0 saturated heterocycles. The average Bonchev–Trinajstić information content (AvgIpc) is 2.95. The number of nitrogens with zero attached hydrogens (tertiary/aromatic N) is 4. The topological polar surface area (TPSA) is 80.4 Å². The van der Waals surface area contributed by atoms with E-state index < -0.39 is 5.97 Å². The van der Waals surface area contributed by atoms with Gasteiger partial charge in [-0.1, -0.05) is 0 Å². The average molecular weight is 232 g/mol. The number of carboxylic acids is 1. The highest BCUT2D eigenvalue weighted by Crippen LogP contribution is 2.37. The molecule has 2 atom stereocenters. The Bertz CT molecular complexity index is 565. The Morgan fingerprint density at radius 3 is 3.06 bits per heavy atom. The molecule has 0 radical (unpaired) electrons. The predicted molar refractivity (Wildman–Crippen MR) is 58.5 cm³/mol. The monoisotopic (exact) mass is 232 g/mol. The van der Waals surface area contributed by atoms with E-state index in [0.29, 0.717) is 12.1 Å². The van der Waals surface area contributed by atoms with E-state index in [9.17, 15) is 4.79 Å². The minimum absolute atomic E-state index is 0.188. The molecule has 6 heteroatoms. The second-order valence-electron chi connectivity index (χ2n) is 4.41. The lowest BCUT2D eigenvalue weighted by molar-refractivity contribution is -0.141. The van der Waals surface area contributed by atoms with Crippen molar-refractivity contribution >= 4 is 11.6 Å². The number of carboxylic acid groups (broad SMARTS) is 1. The van der Waals surface area contributed by atoms with E-state index in [2.05, 4.69) is 15.2 Å². The zero-order chi connectivity index (χ0) is 11.8. The first-order chi connectivity index (χ1) is 8.25. The first kappa shape index (κ1) is 10.2. The Labute approximate surface area is 97.3 Å². The van der Waals surface area contributed by atoms with Crippen LogP contribution in [0.1, 0.15) is 31.0 Å². The molecule has 0 amide bonds. The zero-order valence-electron chi connectivity index (χ0n) is 9.15. The summed E-state index contributed by atoms with van der Waals surface area (Å²) >= 11 is 0. The number of carbonyl (C=O) groups is 1. The van der Waals surface area contributed by atoms with Crippen molar-refractivity contribution in [3.63, 3.8) is 0 Å². The van der Waals surface area contributed by atoms with Gasteiger partial charge in [0, 0.05) is 18.3 Å². The van der Waals surface area contributed by atoms with Crippen LogP contribution in [0.15, 0.2) is 18.6 Å². The van der Waals surface area contributed by atoms with Gasteiger partial charge in [-0.3, -0.25) is 14.2 Å². The van der Waals surface area contributed by atoms with E-state index in [4.69, 9.17) is 5.11 Å². The Hall–Kier alpha value is -1.98. The summed E-state index contributed by atoms with van der Waals surface area (Å²) in [5.74, 6) is 0.0943. The molecule has 88 valence electrons. The first-order valence-corrected chi connectivity index (χ1v) is 5.63. The fourth-order valence-electron chi connectivity index (χ4n) is 2.49. The van der Waals surface area contributed by atoms with Crippen molar-refractivity contribution in [2.45, 2.75) is 25.2 Å². The summed E-state index contributed by atoms with van der Waals surface area (Å²) in [6, 6.07) is 0. The standard InChI is InChI=1S/C11H12N4O2/c16-11(17)8-2-1-7(5-8)10-14-13-9-6-12-3-4-15(9)10/h3-4,6-8H,1-2,5H2,(H,16,17). The molecular weight excluding hydrogens is 220 g/mol. The van der Waals surface area contributed by atoms with Crippen LogP contribution in [0.4, 0.5) is 0 Å². The van der Waals surface area contributed by atoms with E-state index in [1.54, 1.807) is 12.4 Å². The summed E-state index contributed by atoms with van der Waals surface area (Å²) in [7, 11) is 0. The van der Waals surface area contributed by atoms with Crippen molar-refractivity contribution in [2.75, 3.05) is 0 Å². The number of hydrogen-bond donors (Lipinski definition) is 1. The van der Waals surface area contributed by atoms with Crippen molar-refractivity contribution in [1.82, 2.24) is 19.6 Å². The van der Waals surface area contributed by atoms with Gasteiger partial charge in [0.1, 0.15) is 5.82 Å². The van der Waals surface area contributed by atoms with Crippen LogP contribution < -0.4 is 0 Å². The van der Waals surface area contributed by atoms with Gasteiger partial charge in [0.15, 0.2) is 5.65 Å². The van der Waals surface area contributed by atoms with E-state index in [1.165, 1.54) is 0 Å². The van der Waals surface area contributed by atoms with E-state index in [1.807, 2.05) is 10.6 Å². The molecule has 1 aliphatic carbocycles. The second-order valence-corrected chi connectivity index (χ2v) is 4.41. The molecule has 1 fully saturated rings. The van der Waals surface area contributed by atoms with Crippen molar-refractivity contribution in [3.05, 3.63) is 24.4 Å². The maximum absolute atomic E-state index is 10.9. The summed E-state index contributed by atoms with van der Waals surface area (Å²) in [6.07, 6.45) is 7.39. The van der Waals surface area contributed by atoms with E-state index in [0.717, 1.165) is 18.7 Å². The number of aliphatic carboxylic acids is 1. The zero-order valence-corrected chi connectivity index (χ0v) is 9.15. The van der Waals surface area contributed by atoms with Gasteiger partial charge < -0.3 is 5.11 Å². The molecule has 3 rings (SSSR count). The minimum atomic E-state index is -0.706. The molecule has 1 saturated carbocycles. The fraction of sp³-hybridized carbons (Fsp3) is 0.455. The maximum Gasteiger partial charge on any atom is 0.306 e. The molecule has 2 aromatic rings. The van der Waals surface area contributed by atoms with E-state index in [-0.39, 0.29) is 11.8 Å². The molecule has 0 aliphatic heterocycles. The van der Waals surface area contributed by atoms with Crippen LogP contribution in [0.5, 0.6) is 0 Å². The van der Waals surface area contributed by atoms with Gasteiger partial charge in [0.05, 0.1) is 12.1 Å². The molecular formula is C11H12N4O2. The Kier molecular flexibility index (Phi) is 2.28. The summed E-state index contributed by atoms with van der Waals surface area (Å²) < 4.78 is 1.89. The normalized spacial score (nSPS) is 24.2. The lowest BCUT2D eigenvalue weighted by Gasteiger charge is -2.06. The predicted octanol–water partition coefficient (Wildman–Crippen LogP) is 1.09. The molecule has 17 heavy (non-hydrogen) atoms. The Morgan fingerprint density at radius 1 is 1.41 bits per heavy atom. The van der Waals surface area contributed by atoms with Crippen LogP contribution in [0.3, 0.4) is 0 Å². The van der Waals surface area contributed by atoms with Crippen LogP contribution in [0.25, 0.3) is 5.65 Å². The summed E-state index contributed by atoms with van der Waals surface area (Å²) in [6.45, 7) is 0. The second kappa shape index (κ2) is 3.80. The number of fused-ring (bicyclic) bond motifs is 1. The van der Waals surface area contributed by atoms with Crippen molar-refractivity contribution < 1.29 is 9.90 Å². The van der Waals surface area contributed by atoms with Gasteiger partial charge in [-0.05, 0) is 19.3 Å². The molecule has 2 aromatic heterocycles. The number of rotatable bonds is 2. The van der Waals surface area contributed by atoms with Crippen molar-refractivity contribution in [2.24, 2.45) is 5.92 Å². The van der Waals surface area contributed by atoms with Gasteiger partial charge in [0.2, 0.25) is 0 Å². The Morgan fingerprint density at radius 2 is 2.29 bits per heavy atom. The van der Waals surface area contributed by atoms with Gasteiger partial charge in [-0.2, -0.15) is 0 Å². The highest BCUT2D eigenvalue weighted by molar-refractivity contribution is 5.70. The van der Waals surface area contributed by atoms with Gasteiger partial charge in [-0.15, -0.1) is 10.2 Å². The van der Waals surface area contributed by atoms with Crippen molar-refractivity contribution in [3.8, 4) is 0 Å². The number of hydrogen-bond acceptors (Lipinski definition) is 4. The van der Waals surface area contributed by atoms with Gasteiger partial charge >= 0.3 is 5.97 Å². The van der Waals surface area contributed by atoms with Crippen LogP contribution >= 0.6 is 0 Å². The van der Waals surface area contributed by atoms with Gasteiger partial charge in [0.25, 0.3) is 0 Å². The molecule has 1 aliphatic rings. The quantitative estimate of drug-likeness (QED) is 0.838. The molecule has 6 nitrogen and oxygen atoms in total. The van der Waals surface area contributed by atoms with Crippen LogP contribution in [-0.2, 0) is 4.79 Å². The smallest absolute Gasteiger partial charge is 0.306 e. The third kappa shape index (κ3) is 1.65. The molecule has 0 aromatic carbocycles. The molecule has 1 N–H and O–H groups in total. The summed E-state index contributed by atoms with van der Waals surface area (Å²) in [5, 5.41) is 17.2. The van der Waals surface area contributed by atoms with Crippen LogP contribution in [0.2, 0.25) is 0 Å². The van der Waals surface area contributed by atoms with Crippen molar-refractivity contribution in [1.29, 1.82) is 0 Å². The first-order valence-electron chi connectivity index (χ1n) is 5.63. The fourth-order valence-corrected chi connectivity index (χ4v) is 2.49. The molecule has 0 spiro atoms. The maximum atomic E-state index is 10.9. The van der Waals surface area contributed by atoms with E-state index >= 15 is 0 Å². The largest absolute Gasteiger partial charge is 0.481 e. The van der Waals surface area contributed by atoms with Crippen LogP contribution in [-0.4, -0.2) is 30.7 Å². The highest BCUT2D eigenvalue weighted by Gasteiger charge is 2.33. The molecule has 2 unspecified atom stereocenters. The molecule has 2 heterocycles. The SMILES string of the molecule is O=C(O)C1CCC(c2nnc3cnccn23)C1. The number of aromatic nitrogens is 4. The third-order valence-electron chi connectivity index (χ3n) is 3.39. The summed E-state index contributed by atoms with van der Waals surface area (Å²) in [5.41, 5.74) is 0.710. The Balaban J connectivity index is 1.93. The lowest BCUT2D eigenvalue weighted by Crippen LogP contribution is -2.10. The van der Waals surface area contributed by atoms with Crippen LogP contribution in [0, 0.1) is 5.92 Å². The minimum Gasteiger partial charge on any atom is -0.481 e. The third-order valence-corrected chi connectivity index (χ3v) is 3.39. The van der Waals surface area contributed by atoms with Gasteiger partial charge in [-0.25, -0.2) is 0 Å². The summed E-state index contributed by atoms with van der Waals surface area (Å²) in [4.78, 5) is 14.9.